The Balaban J connectivity index is 1.93. The maximum atomic E-state index is 13.2. The lowest BCUT2D eigenvalue weighted by molar-refractivity contribution is -0.135. The van der Waals surface area contributed by atoms with Crippen LogP contribution in [0, 0.1) is 6.92 Å². The summed E-state index contributed by atoms with van der Waals surface area (Å²) >= 11 is 3.35. The normalized spacial score (nSPS) is 10.8. The number of benzene rings is 1. The van der Waals surface area contributed by atoms with Crippen molar-refractivity contribution >= 4 is 33.6 Å². The van der Waals surface area contributed by atoms with Crippen LogP contribution in [0.5, 0.6) is 0 Å². The minimum absolute atomic E-state index is 0.111. The molecule has 1 amide bonds. The Labute approximate surface area is 185 Å². The van der Waals surface area contributed by atoms with Gasteiger partial charge in [-0.25, -0.2) is 0 Å². The first-order valence-corrected chi connectivity index (χ1v) is 10.1. The monoisotopic (exact) mass is 489 g/mol. The first kappa shape index (κ1) is 22.3. The SMILES string of the molecule is CNC(=O)c1[nH]c(-c2nnn(CCNCC(=O)O)n2)c(C)c1C(=O)c1cccc(Br)c1. The number of halogens is 1. The predicted molar refractivity (Wildman–Crippen MR) is 114 cm³/mol. The number of carbonyl (C=O) groups excluding carboxylic acids is 2. The molecule has 162 valence electrons. The van der Waals surface area contributed by atoms with Crippen molar-refractivity contribution in [3.8, 4) is 11.5 Å². The van der Waals surface area contributed by atoms with Gasteiger partial charge in [0.2, 0.25) is 5.82 Å². The average molecular weight is 490 g/mol. The number of carboxylic acid groups (broad SMARTS) is 1. The van der Waals surface area contributed by atoms with Gasteiger partial charge in [0.05, 0.1) is 24.3 Å². The zero-order valence-corrected chi connectivity index (χ0v) is 18.4. The van der Waals surface area contributed by atoms with Gasteiger partial charge in [0.1, 0.15) is 5.69 Å². The molecule has 11 nitrogen and oxygen atoms in total. The summed E-state index contributed by atoms with van der Waals surface area (Å²) in [4.78, 5) is 40.5. The Morgan fingerprint density at radius 3 is 2.74 bits per heavy atom. The number of H-pyrrole nitrogens is 1. The van der Waals surface area contributed by atoms with Crippen LogP contribution in [0.15, 0.2) is 28.7 Å². The number of aromatic nitrogens is 5. The topological polar surface area (TPSA) is 155 Å². The summed E-state index contributed by atoms with van der Waals surface area (Å²) in [6, 6.07) is 6.90. The summed E-state index contributed by atoms with van der Waals surface area (Å²) in [5, 5.41) is 26.1. The number of nitrogens with one attached hydrogen (secondary N) is 3. The minimum atomic E-state index is -0.960. The van der Waals surface area contributed by atoms with Crippen LogP contribution in [-0.2, 0) is 11.3 Å². The van der Waals surface area contributed by atoms with E-state index >= 15 is 0 Å². The molecular weight excluding hydrogens is 470 g/mol. The third-order valence-electron chi connectivity index (χ3n) is 4.46. The van der Waals surface area contributed by atoms with Crippen molar-refractivity contribution in [1.29, 1.82) is 0 Å². The second-order valence-corrected chi connectivity index (χ2v) is 7.49. The summed E-state index contributed by atoms with van der Waals surface area (Å²) in [6.07, 6.45) is 0. The Morgan fingerprint density at radius 1 is 1.29 bits per heavy atom. The zero-order chi connectivity index (χ0) is 22.5. The number of aromatic amines is 1. The molecule has 3 rings (SSSR count). The fourth-order valence-corrected chi connectivity index (χ4v) is 3.38. The molecule has 0 aliphatic heterocycles. The van der Waals surface area contributed by atoms with Crippen LogP contribution in [0.4, 0.5) is 0 Å². The molecule has 0 radical (unpaired) electrons. The molecule has 0 saturated heterocycles. The summed E-state index contributed by atoms with van der Waals surface area (Å²) in [7, 11) is 1.48. The van der Waals surface area contributed by atoms with Crippen LogP contribution >= 0.6 is 15.9 Å². The Morgan fingerprint density at radius 2 is 2.06 bits per heavy atom. The lowest BCUT2D eigenvalue weighted by atomic mass is 9.99. The van der Waals surface area contributed by atoms with Crippen LogP contribution in [0.2, 0.25) is 0 Å². The highest BCUT2D eigenvalue weighted by atomic mass is 79.9. The second-order valence-electron chi connectivity index (χ2n) is 6.57. The molecule has 0 aliphatic rings. The molecule has 0 aliphatic carbocycles. The van der Waals surface area contributed by atoms with Gasteiger partial charge in [-0.1, -0.05) is 28.1 Å². The van der Waals surface area contributed by atoms with Gasteiger partial charge in [0.15, 0.2) is 5.78 Å². The van der Waals surface area contributed by atoms with Crippen molar-refractivity contribution in [3.63, 3.8) is 0 Å². The third-order valence-corrected chi connectivity index (χ3v) is 4.95. The van der Waals surface area contributed by atoms with Crippen LogP contribution in [0.3, 0.4) is 0 Å². The predicted octanol–water partition coefficient (Wildman–Crippen LogP) is 1.00. The van der Waals surface area contributed by atoms with Crippen molar-refractivity contribution in [3.05, 3.63) is 51.1 Å². The molecule has 0 saturated carbocycles. The first-order valence-electron chi connectivity index (χ1n) is 9.27. The summed E-state index contributed by atoms with van der Waals surface area (Å²) < 4.78 is 0.745. The van der Waals surface area contributed by atoms with Gasteiger partial charge in [0, 0.05) is 23.6 Å². The molecule has 2 heterocycles. The summed E-state index contributed by atoms with van der Waals surface area (Å²) in [5.41, 5.74) is 1.69. The van der Waals surface area contributed by atoms with E-state index in [4.69, 9.17) is 5.11 Å². The van der Waals surface area contributed by atoms with Gasteiger partial charge < -0.3 is 20.7 Å². The molecule has 0 unspecified atom stereocenters. The largest absolute Gasteiger partial charge is 0.480 e. The van der Waals surface area contributed by atoms with Crippen molar-refractivity contribution in [2.24, 2.45) is 0 Å². The van der Waals surface area contributed by atoms with Crippen LogP contribution in [-0.4, -0.2) is 68.1 Å². The van der Waals surface area contributed by atoms with Crippen LogP contribution < -0.4 is 10.6 Å². The van der Waals surface area contributed by atoms with E-state index in [0.717, 1.165) is 4.47 Å². The van der Waals surface area contributed by atoms with E-state index in [9.17, 15) is 14.4 Å². The van der Waals surface area contributed by atoms with E-state index in [1.54, 1.807) is 31.2 Å². The van der Waals surface area contributed by atoms with Gasteiger partial charge in [-0.05, 0) is 29.8 Å². The fourth-order valence-electron chi connectivity index (χ4n) is 2.98. The van der Waals surface area contributed by atoms with Gasteiger partial charge in [0.25, 0.3) is 5.91 Å². The molecule has 4 N–H and O–H groups in total. The standard InChI is InChI=1S/C19H20BrN7O4/c1-10-14(17(30)11-4-3-5-12(20)8-11)16(19(31)21-2)23-15(10)18-24-26-27(25-18)7-6-22-9-13(28)29/h3-5,8,22-23H,6-7,9H2,1-2H3,(H,21,31)(H,28,29). The van der Waals surface area contributed by atoms with E-state index in [-0.39, 0.29) is 29.4 Å². The molecule has 3 aromatic rings. The molecule has 0 bridgehead atoms. The number of hydrogen-bond acceptors (Lipinski definition) is 7. The molecular formula is C19H20BrN7O4. The molecule has 0 fully saturated rings. The summed E-state index contributed by atoms with van der Waals surface area (Å²) in [5.74, 6) is -1.50. The first-order chi connectivity index (χ1) is 14.8. The van der Waals surface area contributed by atoms with Gasteiger partial charge >= 0.3 is 5.97 Å². The van der Waals surface area contributed by atoms with E-state index in [0.29, 0.717) is 29.9 Å². The van der Waals surface area contributed by atoms with Gasteiger partial charge in [-0.15, -0.1) is 10.2 Å². The molecule has 12 heteroatoms. The molecule has 0 atom stereocenters. The number of ketones is 1. The Bertz CT molecular complexity index is 1140. The van der Waals surface area contributed by atoms with Crippen molar-refractivity contribution < 1.29 is 19.5 Å². The van der Waals surface area contributed by atoms with Crippen LogP contribution in [0.1, 0.15) is 32.0 Å². The minimum Gasteiger partial charge on any atom is -0.480 e. The molecule has 2 aromatic heterocycles. The highest BCUT2D eigenvalue weighted by Gasteiger charge is 2.27. The number of amides is 1. The van der Waals surface area contributed by atoms with Crippen LogP contribution in [0.25, 0.3) is 11.5 Å². The van der Waals surface area contributed by atoms with Gasteiger partial charge in [-0.2, -0.15) is 4.80 Å². The summed E-state index contributed by atoms with van der Waals surface area (Å²) in [6.45, 7) is 2.17. The van der Waals surface area contributed by atoms with Crippen molar-refractivity contribution in [1.82, 2.24) is 35.8 Å². The third kappa shape index (κ3) is 5.03. The quantitative estimate of drug-likeness (QED) is 0.256. The smallest absolute Gasteiger partial charge is 0.317 e. The molecule has 0 spiro atoms. The van der Waals surface area contributed by atoms with Gasteiger partial charge in [-0.3, -0.25) is 14.4 Å². The van der Waals surface area contributed by atoms with E-state index < -0.39 is 11.9 Å². The lowest BCUT2D eigenvalue weighted by Gasteiger charge is -2.05. The van der Waals surface area contributed by atoms with Crippen molar-refractivity contribution in [2.45, 2.75) is 13.5 Å². The number of carbonyl (C=O) groups is 3. The lowest BCUT2D eigenvalue weighted by Crippen LogP contribution is -2.26. The Hall–Kier alpha value is -3.38. The fraction of sp³-hybridized carbons (Fsp3) is 0.263. The molecule has 31 heavy (non-hydrogen) atoms. The highest BCUT2D eigenvalue weighted by Crippen LogP contribution is 2.28. The average Bonchev–Trinajstić information content (AvgIpc) is 3.34. The van der Waals surface area contributed by atoms with E-state index in [1.165, 1.54) is 11.8 Å². The number of tetrazole rings is 1. The maximum absolute atomic E-state index is 13.2. The molecule has 1 aromatic carbocycles. The van der Waals surface area contributed by atoms with Crippen molar-refractivity contribution in [2.75, 3.05) is 20.1 Å². The number of carboxylic acids is 1. The maximum Gasteiger partial charge on any atom is 0.317 e. The number of rotatable bonds is 9. The second kappa shape index (κ2) is 9.62. The zero-order valence-electron chi connectivity index (χ0n) is 16.8. The number of aliphatic carboxylic acids is 1. The number of nitrogens with zero attached hydrogens (tertiary/aromatic N) is 4. The Kier molecular flexibility index (Phi) is 6.92. The van der Waals surface area contributed by atoms with E-state index in [1.807, 2.05) is 0 Å². The highest BCUT2D eigenvalue weighted by molar-refractivity contribution is 9.10. The number of hydrogen-bond donors (Lipinski definition) is 4. The van der Waals surface area contributed by atoms with E-state index in [2.05, 4.69) is 47.0 Å².